The molecule has 0 N–H and O–H groups in total. The molecule has 10 aromatic rings. The highest BCUT2D eigenvalue weighted by Crippen LogP contribution is 2.44. The molecule has 0 unspecified atom stereocenters. The van der Waals surface area contributed by atoms with E-state index in [-0.39, 0.29) is 0 Å². The van der Waals surface area contributed by atoms with E-state index >= 15 is 0 Å². The summed E-state index contributed by atoms with van der Waals surface area (Å²) in [6.45, 7) is 0. The zero-order valence-electron chi connectivity index (χ0n) is 27.5. The van der Waals surface area contributed by atoms with Crippen LogP contribution in [-0.4, -0.2) is 15.0 Å². The van der Waals surface area contributed by atoms with E-state index in [1.54, 1.807) is 0 Å². The van der Waals surface area contributed by atoms with Crippen LogP contribution in [0, 0.1) is 0 Å². The number of benzene rings is 7. The molecule has 0 bridgehead atoms. The van der Waals surface area contributed by atoms with Gasteiger partial charge in [0.25, 0.3) is 0 Å². The number of pyridine rings is 1. The monoisotopic (exact) mass is 651 g/mol. The lowest BCUT2D eigenvalue weighted by molar-refractivity contribution is 0.672. The number of hydrogen-bond donors (Lipinski definition) is 0. The van der Waals surface area contributed by atoms with Crippen molar-refractivity contribution in [1.29, 1.82) is 0 Å². The fourth-order valence-corrected chi connectivity index (χ4v) is 7.27. The third-order valence-corrected chi connectivity index (χ3v) is 9.70. The molecule has 0 amide bonds. The molecule has 4 nitrogen and oxygen atoms in total. The molecule has 0 aliphatic carbocycles. The van der Waals surface area contributed by atoms with Gasteiger partial charge in [0.05, 0.1) is 33.4 Å². The fraction of sp³-hybridized carbons (Fsp3) is 0. The molecular weight excluding hydrogens is 623 g/mol. The van der Waals surface area contributed by atoms with Crippen molar-refractivity contribution in [1.82, 2.24) is 15.0 Å². The lowest BCUT2D eigenvalue weighted by Crippen LogP contribution is -1.96. The summed E-state index contributed by atoms with van der Waals surface area (Å²) in [5.41, 5.74) is 11.5. The summed E-state index contributed by atoms with van der Waals surface area (Å²) in [5.74, 6) is 0.673. The van der Waals surface area contributed by atoms with Crippen molar-refractivity contribution in [3.05, 3.63) is 176 Å². The van der Waals surface area contributed by atoms with Gasteiger partial charge in [-0.2, -0.15) is 0 Å². The molecule has 0 atom stereocenters. The summed E-state index contributed by atoms with van der Waals surface area (Å²) >= 11 is 0. The van der Waals surface area contributed by atoms with E-state index in [1.807, 2.05) is 48.5 Å². The van der Waals surface area contributed by atoms with Crippen molar-refractivity contribution in [2.45, 2.75) is 0 Å². The molecule has 3 aromatic heterocycles. The Morgan fingerprint density at radius 1 is 0.392 bits per heavy atom. The first kappa shape index (κ1) is 29.0. The van der Waals surface area contributed by atoms with Crippen LogP contribution in [0.5, 0.6) is 0 Å². The summed E-state index contributed by atoms with van der Waals surface area (Å²) in [6.07, 6.45) is 0. The SMILES string of the molecule is c1ccc(-c2cc(-c3ccccc3)nc(-c3ccc(-c4nc5cccc(-c6cccc7ccccc67)c5c5oc6ccccc6c45)cc3)n2)cc1. The smallest absolute Gasteiger partial charge is 0.160 e. The van der Waals surface area contributed by atoms with Gasteiger partial charge in [0.1, 0.15) is 11.2 Å². The lowest BCUT2D eigenvalue weighted by Gasteiger charge is -2.13. The van der Waals surface area contributed by atoms with E-state index in [2.05, 4.69) is 127 Å². The van der Waals surface area contributed by atoms with E-state index in [0.29, 0.717) is 5.82 Å². The molecular formula is C47H29N3O. The average molecular weight is 652 g/mol. The summed E-state index contributed by atoms with van der Waals surface area (Å²) in [6, 6.07) is 60.6. The van der Waals surface area contributed by atoms with Gasteiger partial charge in [-0.3, -0.25) is 0 Å². The number of hydrogen-bond acceptors (Lipinski definition) is 4. The van der Waals surface area contributed by atoms with Crippen molar-refractivity contribution in [3.8, 4) is 56.3 Å². The topological polar surface area (TPSA) is 51.8 Å². The Morgan fingerprint density at radius 2 is 0.980 bits per heavy atom. The van der Waals surface area contributed by atoms with Crippen molar-refractivity contribution in [2.75, 3.05) is 0 Å². The van der Waals surface area contributed by atoms with E-state index < -0.39 is 0 Å². The van der Waals surface area contributed by atoms with Gasteiger partial charge in [-0.05, 0) is 40.1 Å². The Bertz CT molecular complexity index is 2830. The second kappa shape index (κ2) is 11.9. The van der Waals surface area contributed by atoms with Crippen LogP contribution in [0.1, 0.15) is 0 Å². The van der Waals surface area contributed by atoms with Gasteiger partial charge < -0.3 is 4.42 Å². The molecule has 7 aromatic carbocycles. The lowest BCUT2D eigenvalue weighted by atomic mass is 9.93. The Balaban J connectivity index is 1.16. The molecule has 0 spiro atoms. The van der Waals surface area contributed by atoms with Crippen LogP contribution in [0.25, 0.3) is 99.9 Å². The molecule has 3 heterocycles. The molecule has 51 heavy (non-hydrogen) atoms. The van der Waals surface area contributed by atoms with E-state index in [0.717, 1.165) is 83.3 Å². The maximum absolute atomic E-state index is 6.75. The quantitative estimate of drug-likeness (QED) is 0.186. The summed E-state index contributed by atoms with van der Waals surface area (Å²) in [7, 11) is 0. The number of rotatable bonds is 5. The summed E-state index contributed by atoms with van der Waals surface area (Å²) in [4.78, 5) is 15.5. The zero-order chi connectivity index (χ0) is 33.7. The van der Waals surface area contributed by atoms with E-state index in [1.165, 1.54) is 10.8 Å². The van der Waals surface area contributed by atoms with Gasteiger partial charge in [-0.15, -0.1) is 0 Å². The third-order valence-electron chi connectivity index (χ3n) is 9.70. The van der Waals surface area contributed by atoms with Crippen LogP contribution in [0.2, 0.25) is 0 Å². The number of nitrogens with zero attached hydrogens (tertiary/aromatic N) is 3. The Morgan fingerprint density at radius 3 is 1.73 bits per heavy atom. The summed E-state index contributed by atoms with van der Waals surface area (Å²) < 4.78 is 6.75. The second-order valence-electron chi connectivity index (χ2n) is 12.8. The molecule has 10 rings (SSSR count). The normalized spacial score (nSPS) is 11.5. The minimum Gasteiger partial charge on any atom is -0.455 e. The minimum absolute atomic E-state index is 0.673. The standard InChI is InChI=1S/C47H29N3O/c1-3-14-31(15-4-1)40-29-41(32-16-5-2-6-17-32)50-47(49-40)34-27-25-33(26-28-34)45-44-38-20-9-10-24-42(38)51-46(44)43-37(22-12-23-39(43)48-45)36-21-11-18-30-13-7-8-19-35(30)36/h1-29H. The molecule has 238 valence electrons. The van der Waals surface area contributed by atoms with E-state index in [4.69, 9.17) is 19.4 Å². The molecule has 0 saturated carbocycles. The summed E-state index contributed by atoms with van der Waals surface area (Å²) in [5, 5.41) is 5.46. The van der Waals surface area contributed by atoms with Gasteiger partial charge >= 0.3 is 0 Å². The van der Waals surface area contributed by atoms with Crippen LogP contribution in [0.4, 0.5) is 0 Å². The molecule has 0 aliphatic rings. The van der Waals surface area contributed by atoms with Crippen molar-refractivity contribution < 1.29 is 4.42 Å². The largest absolute Gasteiger partial charge is 0.455 e. The first-order valence-corrected chi connectivity index (χ1v) is 17.1. The average Bonchev–Trinajstić information content (AvgIpc) is 3.60. The predicted molar refractivity (Wildman–Crippen MR) is 209 cm³/mol. The van der Waals surface area contributed by atoms with E-state index in [9.17, 15) is 0 Å². The van der Waals surface area contributed by atoms with Gasteiger partial charge in [0, 0.05) is 27.6 Å². The van der Waals surface area contributed by atoms with Crippen molar-refractivity contribution in [2.24, 2.45) is 0 Å². The predicted octanol–water partition coefficient (Wildman–Crippen LogP) is 12.4. The Kier molecular flexibility index (Phi) is 6.78. The number of fused-ring (bicyclic) bond motifs is 6. The van der Waals surface area contributed by atoms with Crippen LogP contribution < -0.4 is 0 Å². The fourth-order valence-electron chi connectivity index (χ4n) is 7.27. The van der Waals surface area contributed by atoms with Crippen molar-refractivity contribution >= 4 is 43.6 Å². The maximum Gasteiger partial charge on any atom is 0.160 e. The molecule has 0 radical (unpaired) electrons. The number of furan rings is 1. The Hall–Kier alpha value is -6.91. The van der Waals surface area contributed by atoms with Crippen LogP contribution in [0.3, 0.4) is 0 Å². The van der Waals surface area contributed by atoms with Crippen LogP contribution >= 0.6 is 0 Å². The number of aromatic nitrogens is 3. The highest BCUT2D eigenvalue weighted by atomic mass is 16.3. The first-order valence-electron chi connectivity index (χ1n) is 17.1. The van der Waals surface area contributed by atoms with Gasteiger partial charge in [0.15, 0.2) is 5.82 Å². The van der Waals surface area contributed by atoms with Crippen LogP contribution in [-0.2, 0) is 0 Å². The highest BCUT2D eigenvalue weighted by molar-refractivity contribution is 6.23. The molecule has 0 aliphatic heterocycles. The first-order chi connectivity index (χ1) is 25.3. The third kappa shape index (κ3) is 4.96. The highest BCUT2D eigenvalue weighted by Gasteiger charge is 2.21. The number of para-hydroxylation sites is 1. The van der Waals surface area contributed by atoms with Gasteiger partial charge in [-0.25, -0.2) is 15.0 Å². The van der Waals surface area contributed by atoms with Crippen molar-refractivity contribution in [3.63, 3.8) is 0 Å². The van der Waals surface area contributed by atoms with Gasteiger partial charge in [0.2, 0.25) is 0 Å². The van der Waals surface area contributed by atoms with Crippen LogP contribution in [0.15, 0.2) is 180 Å². The zero-order valence-corrected chi connectivity index (χ0v) is 27.5. The van der Waals surface area contributed by atoms with Gasteiger partial charge in [-0.1, -0.05) is 158 Å². The minimum atomic E-state index is 0.673. The molecule has 0 fully saturated rings. The maximum atomic E-state index is 6.75. The Labute approximate surface area is 294 Å². The molecule has 0 saturated heterocycles. The molecule has 4 heteroatoms. The second-order valence-corrected chi connectivity index (χ2v) is 12.8.